The Hall–Kier alpha value is -1.04. The minimum absolute atomic E-state index is 0.211. The summed E-state index contributed by atoms with van der Waals surface area (Å²) in [5.74, 6) is -1.41. The van der Waals surface area contributed by atoms with Crippen LogP contribution >= 0.6 is 0 Å². The molecule has 0 amide bonds. The molecule has 1 saturated heterocycles. The average Bonchev–Trinajstić information content (AvgIpc) is 2.55. The van der Waals surface area contributed by atoms with Gasteiger partial charge in [-0.1, -0.05) is 6.07 Å². The van der Waals surface area contributed by atoms with Gasteiger partial charge in [0, 0.05) is 25.7 Å². The topological polar surface area (TPSA) is 32.7 Å². The Morgan fingerprint density at radius 1 is 1.37 bits per heavy atom. The second-order valence-corrected chi connectivity index (χ2v) is 4.90. The number of hydrogen-bond donors (Lipinski definition) is 1. The van der Waals surface area contributed by atoms with Crippen molar-refractivity contribution >= 4 is 0 Å². The van der Waals surface area contributed by atoms with Gasteiger partial charge in [-0.05, 0) is 25.5 Å². The van der Waals surface area contributed by atoms with E-state index in [0.29, 0.717) is 19.8 Å². The van der Waals surface area contributed by atoms with Crippen molar-refractivity contribution in [1.29, 1.82) is 0 Å². The van der Waals surface area contributed by atoms with E-state index in [4.69, 9.17) is 4.74 Å². The van der Waals surface area contributed by atoms with Crippen LogP contribution in [-0.4, -0.2) is 42.4 Å². The lowest BCUT2D eigenvalue weighted by molar-refractivity contribution is 0.0838. The highest BCUT2D eigenvalue weighted by atomic mass is 19.1. The van der Waals surface area contributed by atoms with Crippen molar-refractivity contribution in [2.75, 3.05) is 26.3 Å². The lowest BCUT2D eigenvalue weighted by atomic mass is 10.1. The smallest absolute Gasteiger partial charge is 0.131 e. The maximum Gasteiger partial charge on any atom is 0.131 e. The molecule has 2 atom stereocenters. The van der Waals surface area contributed by atoms with Crippen LogP contribution in [0.5, 0.6) is 0 Å². The third-order valence-electron chi connectivity index (χ3n) is 3.57. The van der Waals surface area contributed by atoms with Gasteiger partial charge in [-0.3, -0.25) is 4.90 Å². The van der Waals surface area contributed by atoms with Crippen molar-refractivity contribution in [2.45, 2.75) is 25.5 Å². The van der Waals surface area contributed by atoms with Crippen molar-refractivity contribution in [1.82, 2.24) is 4.90 Å². The van der Waals surface area contributed by atoms with Crippen molar-refractivity contribution in [3.05, 3.63) is 35.4 Å². The molecule has 19 heavy (non-hydrogen) atoms. The van der Waals surface area contributed by atoms with Gasteiger partial charge in [0.15, 0.2) is 0 Å². The molecule has 1 aromatic carbocycles. The van der Waals surface area contributed by atoms with Crippen LogP contribution in [0.2, 0.25) is 0 Å². The molecular formula is C14H19F2NO2. The first-order valence-corrected chi connectivity index (χ1v) is 6.53. The fraction of sp³-hybridized carbons (Fsp3) is 0.571. The number of β-amino-alcohol motifs (C(OH)–C–C–N with tert-alkyl or cyclic N) is 1. The van der Waals surface area contributed by atoms with Gasteiger partial charge in [0.1, 0.15) is 11.6 Å². The van der Waals surface area contributed by atoms with Gasteiger partial charge in [-0.2, -0.15) is 0 Å². The van der Waals surface area contributed by atoms with Crippen LogP contribution in [0, 0.1) is 11.6 Å². The van der Waals surface area contributed by atoms with Crippen molar-refractivity contribution in [3.63, 3.8) is 0 Å². The van der Waals surface area contributed by atoms with Gasteiger partial charge < -0.3 is 9.84 Å². The van der Waals surface area contributed by atoms with Crippen molar-refractivity contribution in [2.24, 2.45) is 0 Å². The summed E-state index contributed by atoms with van der Waals surface area (Å²) in [5.41, 5.74) is -0.250. The molecule has 0 aliphatic carbocycles. The summed E-state index contributed by atoms with van der Waals surface area (Å²) >= 11 is 0. The summed E-state index contributed by atoms with van der Waals surface area (Å²) < 4.78 is 32.5. The monoisotopic (exact) mass is 271 g/mol. The fourth-order valence-corrected chi connectivity index (χ4v) is 2.35. The Morgan fingerprint density at radius 2 is 2.05 bits per heavy atom. The summed E-state index contributed by atoms with van der Waals surface area (Å²) in [6.07, 6.45) is -0.311. The van der Waals surface area contributed by atoms with Gasteiger partial charge in [-0.15, -0.1) is 0 Å². The van der Waals surface area contributed by atoms with Crippen LogP contribution in [0.3, 0.4) is 0 Å². The third kappa shape index (κ3) is 3.49. The number of ether oxygens (including phenoxy) is 1. The van der Waals surface area contributed by atoms with Gasteiger partial charge in [-0.25, -0.2) is 8.78 Å². The van der Waals surface area contributed by atoms with Crippen molar-refractivity contribution in [3.8, 4) is 0 Å². The molecule has 5 heteroatoms. The third-order valence-corrected chi connectivity index (χ3v) is 3.57. The molecule has 3 nitrogen and oxygen atoms in total. The predicted octanol–water partition coefficient (Wildman–Crippen LogP) is 2.11. The molecule has 0 radical (unpaired) electrons. The summed E-state index contributed by atoms with van der Waals surface area (Å²) in [6.45, 7) is 4.16. The molecule has 1 aromatic rings. The van der Waals surface area contributed by atoms with E-state index in [1.54, 1.807) is 0 Å². The first-order chi connectivity index (χ1) is 9.09. The molecule has 1 N–H and O–H groups in total. The van der Waals surface area contributed by atoms with Crippen LogP contribution in [0.15, 0.2) is 18.2 Å². The summed E-state index contributed by atoms with van der Waals surface area (Å²) in [6, 6.07) is 3.85. The normalized spacial score (nSPS) is 23.1. The zero-order valence-electron chi connectivity index (χ0n) is 11.0. The number of halogens is 2. The maximum absolute atomic E-state index is 13.6. The molecule has 0 spiro atoms. The molecule has 1 fully saturated rings. The highest BCUT2D eigenvalue weighted by Gasteiger charge is 2.24. The molecule has 0 bridgehead atoms. The molecule has 0 saturated carbocycles. The van der Waals surface area contributed by atoms with Gasteiger partial charge in [0.2, 0.25) is 0 Å². The van der Waals surface area contributed by atoms with E-state index in [-0.39, 0.29) is 18.2 Å². The summed E-state index contributed by atoms with van der Waals surface area (Å²) in [5, 5.41) is 10.1. The van der Waals surface area contributed by atoms with E-state index < -0.39 is 17.7 Å². The second-order valence-electron chi connectivity index (χ2n) is 4.90. The maximum atomic E-state index is 13.6. The fourth-order valence-electron chi connectivity index (χ4n) is 2.35. The quantitative estimate of drug-likeness (QED) is 0.914. The molecule has 0 aromatic heterocycles. The standard InChI is InChI=1S/C14H19F2NO2/c1-10-5-7-19-8-6-17(10)9-13(18)14-11(15)3-2-4-12(14)16/h2-4,10,13,18H,5-9H2,1H3. The van der Waals surface area contributed by atoms with E-state index in [1.165, 1.54) is 6.07 Å². The Balaban J connectivity index is 2.09. The minimum Gasteiger partial charge on any atom is -0.387 e. The first kappa shape index (κ1) is 14.4. The zero-order valence-corrected chi connectivity index (χ0v) is 11.0. The van der Waals surface area contributed by atoms with Crippen molar-refractivity contribution < 1.29 is 18.6 Å². The van der Waals surface area contributed by atoms with E-state index in [0.717, 1.165) is 18.6 Å². The van der Waals surface area contributed by atoms with Crippen LogP contribution in [0.4, 0.5) is 8.78 Å². The van der Waals surface area contributed by atoms with E-state index >= 15 is 0 Å². The van der Waals surface area contributed by atoms with Gasteiger partial charge in [0.05, 0.1) is 18.3 Å². The van der Waals surface area contributed by atoms with Gasteiger partial charge in [0.25, 0.3) is 0 Å². The molecule has 1 aliphatic heterocycles. The summed E-state index contributed by atoms with van der Waals surface area (Å²) in [4.78, 5) is 2.00. The number of aliphatic hydroxyl groups is 1. The number of nitrogens with zero attached hydrogens (tertiary/aromatic N) is 1. The van der Waals surface area contributed by atoms with Crippen LogP contribution in [-0.2, 0) is 4.74 Å². The molecule has 1 heterocycles. The minimum atomic E-state index is -1.17. The highest BCUT2D eigenvalue weighted by molar-refractivity contribution is 5.22. The number of rotatable bonds is 3. The number of aliphatic hydroxyl groups excluding tert-OH is 1. The molecule has 2 unspecified atom stereocenters. The Morgan fingerprint density at radius 3 is 2.74 bits per heavy atom. The van der Waals surface area contributed by atoms with E-state index in [1.807, 2.05) is 11.8 Å². The van der Waals surface area contributed by atoms with Crippen LogP contribution in [0.1, 0.15) is 25.0 Å². The van der Waals surface area contributed by atoms with Crippen LogP contribution < -0.4 is 0 Å². The van der Waals surface area contributed by atoms with E-state index in [2.05, 4.69) is 0 Å². The lowest BCUT2D eigenvalue weighted by Gasteiger charge is -2.28. The lowest BCUT2D eigenvalue weighted by Crippen LogP contribution is -2.37. The number of hydrogen-bond acceptors (Lipinski definition) is 3. The zero-order chi connectivity index (χ0) is 13.8. The van der Waals surface area contributed by atoms with E-state index in [9.17, 15) is 13.9 Å². The largest absolute Gasteiger partial charge is 0.387 e. The van der Waals surface area contributed by atoms with Gasteiger partial charge >= 0.3 is 0 Å². The Bertz CT molecular complexity index is 408. The predicted molar refractivity (Wildman–Crippen MR) is 67.8 cm³/mol. The van der Waals surface area contributed by atoms with Crippen LogP contribution in [0.25, 0.3) is 0 Å². The number of benzene rings is 1. The molecule has 106 valence electrons. The average molecular weight is 271 g/mol. The molecule has 1 aliphatic rings. The molecule has 2 rings (SSSR count). The molecular weight excluding hydrogens is 252 g/mol. The second kappa shape index (κ2) is 6.41. The Labute approximate surface area is 111 Å². The SMILES string of the molecule is CC1CCOCCN1CC(O)c1c(F)cccc1F. The highest BCUT2D eigenvalue weighted by Crippen LogP contribution is 2.23. The Kier molecular flexibility index (Phi) is 4.85. The summed E-state index contributed by atoms with van der Waals surface area (Å²) in [7, 11) is 0. The first-order valence-electron chi connectivity index (χ1n) is 6.53.